The Bertz CT molecular complexity index is 951. The summed E-state index contributed by atoms with van der Waals surface area (Å²) < 4.78 is 17.3. The number of rotatable bonds is 7. The second-order valence-electron chi connectivity index (χ2n) is 6.44. The average Bonchev–Trinajstić information content (AvgIpc) is 2.63. The number of benzene rings is 2. The summed E-state index contributed by atoms with van der Waals surface area (Å²) in [6.45, 7) is 7.27. The van der Waals surface area contributed by atoms with Gasteiger partial charge in [-0.2, -0.15) is 10.5 Å². The van der Waals surface area contributed by atoms with E-state index in [9.17, 15) is 15.3 Å². The Morgan fingerprint density at radius 3 is 2.04 bits per heavy atom. The molecule has 0 amide bonds. The summed E-state index contributed by atoms with van der Waals surface area (Å²) in [5.41, 5.74) is 0.231. The molecule has 0 heterocycles. The van der Waals surface area contributed by atoms with Gasteiger partial charge in [-0.05, 0) is 52.0 Å². The molecule has 0 bridgehead atoms. The molecule has 2 rings (SSSR count). The van der Waals surface area contributed by atoms with Crippen molar-refractivity contribution in [1.29, 1.82) is 10.5 Å². The molecule has 1 N–H and O–H groups in total. The van der Waals surface area contributed by atoms with E-state index < -0.39 is 5.97 Å². The zero-order chi connectivity index (χ0) is 20.8. The first-order valence-corrected chi connectivity index (χ1v) is 8.62. The van der Waals surface area contributed by atoms with Gasteiger partial charge in [0.25, 0.3) is 0 Å². The normalized spacial score (nSPS) is 10.3. The van der Waals surface area contributed by atoms with Crippen LogP contribution < -0.4 is 14.2 Å². The highest BCUT2D eigenvalue weighted by molar-refractivity contribution is 5.87. The zero-order valence-electron chi connectivity index (χ0n) is 16.0. The Labute approximate surface area is 163 Å². The summed E-state index contributed by atoms with van der Waals surface area (Å²) in [5.74, 6) is -0.275. The number of hydrogen-bond acceptors (Lipinski definition) is 6. The number of ether oxygens (including phenoxy) is 3. The molecule has 0 aliphatic heterocycles. The Morgan fingerprint density at radius 2 is 1.57 bits per heavy atom. The van der Waals surface area contributed by atoms with Crippen LogP contribution in [0.5, 0.6) is 23.0 Å². The predicted octanol–water partition coefficient (Wildman–Crippen LogP) is 4.49. The standard InChI is InChI=1S/C21H20N2O5/c1-12(2)26-18-9-15(10-22)19(17(11-23)20(18)27-13(3)4)28-16-7-5-14(6-8-16)21(24)25/h5-9,12-13H,1-4H3,(H,24,25). The molecule has 0 saturated carbocycles. The van der Waals surface area contributed by atoms with Gasteiger partial charge >= 0.3 is 5.97 Å². The second kappa shape index (κ2) is 8.79. The van der Waals surface area contributed by atoms with Crippen molar-refractivity contribution >= 4 is 5.97 Å². The molecule has 0 radical (unpaired) electrons. The van der Waals surface area contributed by atoms with Crippen molar-refractivity contribution in [3.8, 4) is 35.1 Å². The van der Waals surface area contributed by atoms with Crippen LogP contribution in [0.4, 0.5) is 0 Å². The fourth-order valence-corrected chi connectivity index (χ4v) is 2.39. The zero-order valence-corrected chi connectivity index (χ0v) is 16.0. The van der Waals surface area contributed by atoms with Crippen molar-refractivity contribution in [1.82, 2.24) is 0 Å². The molecule has 0 spiro atoms. The van der Waals surface area contributed by atoms with E-state index in [0.29, 0.717) is 0 Å². The highest BCUT2D eigenvalue weighted by atomic mass is 16.5. The first-order valence-electron chi connectivity index (χ1n) is 8.62. The highest BCUT2D eigenvalue weighted by Gasteiger charge is 2.24. The number of carbonyl (C=O) groups is 1. The molecule has 0 saturated heterocycles. The highest BCUT2D eigenvalue weighted by Crippen LogP contribution is 2.42. The molecule has 0 atom stereocenters. The van der Waals surface area contributed by atoms with Crippen LogP contribution in [0.25, 0.3) is 0 Å². The van der Waals surface area contributed by atoms with Gasteiger partial charge in [-0.1, -0.05) is 0 Å². The Morgan fingerprint density at radius 1 is 0.964 bits per heavy atom. The van der Waals surface area contributed by atoms with Gasteiger partial charge in [0, 0.05) is 6.07 Å². The van der Waals surface area contributed by atoms with Gasteiger partial charge in [0.1, 0.15) is 23.5 Å². The fourth-order valence-electron chi connectivity index (χ4n) is 2.39. The van der Waals surface area contributed by atoms with Crippen molar-refractivity contribution < 1.29 is 24.1 Å². The van der Waals surface area contributed by atoms with Crippen molar-refractivity contribution in [2.75, 3.05) is 0 Å². The number of carboxylic acids is 1. The SMILES string of the molecule is CC(C)Oc1cc(C#N)c(Oc2ccc(C(=O)O)cc2)c(C#N)c1OC(C)C. The summed E-state index contributed by atoms with van der Waals surface area (Å²) in [6.07, 6.45) is -0.430. The van der Waals surface area contributed by atoms with E-state index >= 15 is 0 Å². The van der Waals surface area contributed by atoms with Crippen LogP contribution in [0, 0.1) is 22.7 Å². The van der Waals surface area contributed by atoms with Crippen LogP contribution in [-0.2, 0) is 0 Å². The molecule has 2 aromatic carbocycles. The molecule has 0 aromatic heterocycles. The fraction of sp³-hybridized carbons (Fsp3) is 0.286. The van der Waals surface area contributed by atoms with Gasteiger partial charge in [0.2, 0.25) is 0 Å². The molecule has 0 aliphatic carbocycles. The largest absolute Gasteiger partial charge is 0.487 e. The van der Waals surface area contributed by atoms with Crippen molar-refractivity contribution in [2.24, 2.45) is 0 Å². The third-order valence-corrected chi connectivity index (χ3v) is 3.47. The lowest BCUT2D eigenvalue weighted by atomic mass is 10.1. The molecule has 28 heavy (non-hydrogen) atoms. The summed E-state index contributed by atoms with van der Waals surface area (Å²) in [6, 6.07) is 11.2. The average molecular weight is 380 g/mol. The van der Waals surface area contributed by atoms with Gasteiger partial charge < -0.3 is 19.3 Å². The maximum Gasteiger partial charge on any atom is 0.335 e. The third kappa shape index (κ3) is 4.72. The lowest BCUT2D eigenvalue weighted by Gasteiger charge is -2.20. The van der Waals surface area contributed by atoms with Crippen LogP contribution in [0.2, 0.25) is 0 Å². The number of carboxylic acid groups (broad SMARTS) is 1. The number of nitrogens with zero attached hydrogens (tertiary/aromatic N) is 2. The van der Waals surface area contributed by atoms with Crippen LogP contribution in [-0.4, -0.2) is 23.3 Å². The first-order chi connectivity index (χ1) is 13.3. The van der Waals surface area contributed by atoms with Crippen molar-refractivity contribution in [2.45, 2.75) is 39.9 Å². The van der Waals surface area contributed by atoms with Crippen LogP contribution in [0.3, 0.4) is 0 Å². The lowest BCUT2D eigenvalue weighted by molar-refractivity contribution is 0.0697. The van der Waals surface area contributed by atoms with Gasteiger partial charge in [-0.3, -0.25) is 0 Å². The Balaban J connectivity index is 2.60. The molecule has 0 fully saturated rings. The topological polar surface area (TPSA) is 113 Å². The summed E-state index contributed by atoms with van der Waals surface area (Å²) in [4.78, 5) is 11.0. The minimum absolute atomic E-state index is 0.0276. The molecule has 2 aromatic rings. The van der Waals surface area contributed by atoms with Crippen molar-refractivity contribution in [3.05, 3.63) is 47.0 Å². The molecule has 7 heteroatoms. The number of hydrogen-bond donors (Lipinski definition) is 1. The van der Waals surface area contributed by atoms with E-state index in [4.69, 9.17) is 19.3 Å². The molecule has 144 valence electrons. The summed E-state index contributed by atoms with van der Waals surface area (Å²) in [5, 5.41) is 28.3. The van der Waals surface area contributed by atoms with Gasteiger partial charge in [-0.15, -0.1) is 0 Å². The van der Waals surface area contributed by atoms with Gasteiger partial charge in [-0.25, -0.2) is 4.79 Å². The maximum atomic E-state index is 11.0. The van der Waals surface area contributed by atoms with Crippen LogP contribution in [0.1, 0.15) is 49.2 Å². The van der Waals surface area contributed by atoms with E-state index in [0.717, 1.165) is 0 Å². The first kappa shape index (κ1) is 20.6. The monoisotopic (exact) mass is 380 g/mol. The predicted molar refractivity (Wildman–Crippen MR) is 101 cm³/mol. The van der Waals surface area contributed by atoms with Crippen LogP contribution >= 0.6 is 0 Å². The molecule has 7 nitrogen and oxygen atoms in total. The second-order valence-corrected chi connectivity index (χ2v) is 6.44. The quantitative estimate of drug-likeness (QED) is 0.752. The van der Waals surface area contributed by atoms with E-state index in [-0.39, 0.29) is 51.9 Å². The minimum Gasteiger partial charge on any atom is -0.487 e. The number of aromatic carboxylic acids is 1. The molecular formula is C21H20N2O5. The van der Waals surface area contributed by atoms with E-state index in [2.05, 4.69) is 0 Å². The lowest BCUT2D eigenvalue weighted by Crippen LogP contribution is -2.13. The maximum absolute atomic E-state index is 11.0. The van der Waals surface area contributed by atoms with Gasteiger partial charge in [0.15, 0.2) is 17.2 Å². The van der Waals surface area contributed by atoms with E-state index in [1.807, 2.05) is 39.8 Å². The van der Waals surface area contributed by atoms with E-state index in [1.165, 1.54) is 30.3 Å². The van der Waals surface area contributed by atoms with Crippen LogP contribution in [0.15, 0.2) is 30.3 Å². The third-order valence-electron chi connectivity index (χ3n) is 3.47. The molecular weight excluding hydrogens is 360 g/mol. The summed E-state index contributed by atoms with van der Waals surface area (Å²) >= 11 is 0. The number of nitriles is 2. The van der Waals surface area contributed by atoms with E-state index in [1.54, 1.807) is 0 Å². The smallest absolute Gasteiger partial charge is 0.335 e. The summed E-state index contributed by atoms with van der Waals surface area (Å²) in [7, 11) is 0. The molecule has 0 aliphatic rings. The van der Waals surface area contributed by atoms with Gasteiger partial charge in [0.05, 0.1) is 23.3 Å². The Kier molecular flexibility index (Phi) is 6.46. The van der Waals surface area contributed by atoms with Crippen molar-refractivity contribution in [3.63, 3.8) is 0 Å². The Hall–Kier alpha value is -3.71. The minimum atomic E-state index is -1.07. The molecule has 0 unspecified atom stereocenters.